The van der Waals surface area contributed by atoms with Crippen molar-refractivity contribution in [3.63, 3.8) is 0 Å². The van der Waals surface area contributed by atoms with E-state index in [9.17, 15) is 9.90 Å². The largest absolute Gasteiger partial charge is 0.479 e. The number of hydrogen-bond acceptors (Lipinski definition) is 5. The quantitative estimate of drug-likeness (QED) is 0.522. The SMILES string of the molecule is CC(C)Cc1ncc(-c2cc(COC(C)(C)C(=O)O)nn2Cc2ccccc2Cl)o1. The van der Waals surface area contributed by atoms with Crippen molar-refractivity contribution in [1.82, 2.24) is 14.8 Å². The summed E-state index contributed by atoms with van der Waals surface area (Å²) >= 11 is 6.33. The summed E-state index contributed by atoms with van der Waals surface area (Å²) in [5.74, 6) is 0.641. The molecule has 1 aromatic carbocycles. The van der Waals surface area contributed by atoms with E-state index in [0.717, 1.165) is 17.7 Å². The normalized spacial score (nSPS) is 11.9. The van der Waals surface area contributed by atoms with Gasteiger partial charge in [0.25, 0.3) is 0 Å². The van der Waals surface area contributed by atoms with E-state index >= 15 is 0 Å². The molecule has 0 radical (unpaired) electrons. The van der Waals surface area contributed by atoms with Crippen molar-refractivity contribution in [2.75, 3.05) is 0 Å². The zero-order valence-electron chi connectivity index (χ0n) is 17.6. The molecule has 0 aliphatic heterocycles. The van der Waals surface area contributed by atoms with Gasteiger partial charge in [-0.15, -0.1) is 0 Å². The van der Waals surface area contributed by atoms with Crippen LogP contribution in [0.2, 0.25) is 5.02 Å². The Morgan fingerprint density at radius 2 is 2.07 bits per heavy atom. The average Bonchev–Trinajstić information content (AvgIpc) is 3.28. The minimum atomic E-state index is -1.32. The Kier molecular flexibility index (Phi) is 6.63. The molecule has 0 saturated heterocycles. The molecule has 0 bridgehead atoms. The van der Waals surface area contributed by atoms with Gasteiger partial charge in [-0.1, -0.05) is 43.6 Å². The van der Waals surface area contributed by atoms with Crippen LogP contribution >= 0.6 is 11.6 Å². The van der Waals surface area contributed by atoms with Gasteiger partial charge in [0, 0.05) is 11.4 Å². The van der Waals surface area contributed by atoms with Crippen LogP contribution in [-0.2, 0) is 29.1 Å². The maximum Gasteiger partial charge on any atom is 0.335 e. The molecule has 8 heteroatoms. The number of aliphatic carboxylic acids is 1. The van der Waals surface area contributed by atoms with E-state index < -0.39 is 11.6 Å². The fourth-order valence-electron chi connectivity index (χ4n) is 2.84. The average molecular weight is 432 g/mol. The summed E-state index contributed by atoms with van der Waals surface area (Å²) in [6.07, 6.45) is 2.42. The molecular formula is C22H26ClN3O4. The Bertz CT molecular complexity index is 1020. The van der Waals surface area contributed by atoms with Crippen LogP contribution in [0.1, 0.15) is 44.8 Å². The summed E-state index contributed by atoms with van der Waals surface area (Å²) < 4.78 is 13.3. The number of nitrogens with zero attached hydrogens (tertiary/aromatic N) is 3. The van der Waals surface area contributed by atoms with Crippen molar-refractivity contribution in [3.8, 4) is 11.5 Å². The highest BCUT2D eigenvalue weighted by Crippen LogP contribution is 2.26. The van der Waals surface area contributed by atoms with Gasteiger partial charge >= 0.3 is 5.97 Å². The molecule has 0 saturated carbocycles. The number of carboxylic acid groups (broad SMARTS) is 1. The Morgan fingerprint density at radius 3 is 2.73 bits per heavy atom. The molecule has 7 nitrogen and oxygen atoms in total. The minimum absolute atomic E-state index is 0.0504. The molecule has 0 aliphatic rings. The minimum Gasteiger partial charge on any atom is -0.479 e. The molecule has 160 valence electrons. The third-order valence-corrected chi connectivity index (χ3v) is 4.96. The van der Waals surface area contributed by atoms with Gasteiger partial charge < -0.3 is 14.3 Å². The first kappa shape index (κ1) is 22.1. The third kappa shape index (κ3) is 5.29. The number of oxazole rings is 1. The van der Waals surface area contributed by atoms with Crippen LogP contribution in [0.5, 0.6) is 0 Å². The third-order valence-electron chi connectivity index (χ3n) is 4.59. The zero-order valence-corrected chi connectivity index (χ0v) is 18.3. The molecule has 0 aliphatic carbocycles. The second-order valence-electron chi connectivity index (χ2n) is 8.09. The molecule has 2 heterocycles. The van der Waals surface area contributed by atoms with Gasteiger partial charge in [0.05, 0.1) is 25.0 Å². The van der Waals surface area contributed by atoms with Crippen LogP contribution in [-0.4, -0.2) is 31.4 Å². The van der Waals surface area contributed by atoms with E-state index in [2.05, 4.69) is 23.9 Å². The lowest BCUT2D eigenvalue weighted by atomic mass is 10.1. The molecule has 3 rings (SSSR count). The molecular weight excluding hydrogens is 406 g/mol. The van der Waals surface area contributed by atoms with Gasteiger partial charge in [-0.3, -0.25) is 4.68 Å². The first-order chi connectivity index (χ1) is 14.2. The van der Waals surface area contributed by atoms with Gasteiger partial charge in [0.15, 0.2) is 17.3 Å². The number of carbonyl (C=O) groups is 1. The molecule has 0 amide bonds. The number of ether oxygens (including phenoxy) is 1. The molecule has 3 aromatic rings. The number of aromatic nitrogens is 3. The van der Waals surface area contributed by atoms with E-state index in [1.807, 2.05) is 30.3 Å². The van der Waals surface area contributed by atoms with Gasteiger partial charge in [0.1, 0.15) is 5.69 Å². The van der Waals surface area contributed by atoms with Gasteiger partial charge in [-0.25, -0.2) is 9.78 Å². The lowest BCUT2D eigenvalue weighted by molar-refractivity contribution is -0.162. The second-order valence-corrected chi connectivity index (χ2v) is 8.50. The summed E-state index contributed by atoms with van der Waals surface area (Å²) in [6.45, 7) is 7.69. The molecule has 2 aromatic heterocycles. The number of halogens is 1. The standard InChI is InChI=1S/C22H26ClN3O4/c1-14(2)9-20-24-11-19(30-20)18-10-16(13-29-22(3,4)21(27)28)25-26(18)12-15-7-5-6-8-17(15)23/h5-8,10-11,14H,9,12-13H2,1-4H3,(H,27,28). The summed E-state index contributed by atoms with van der Waals surface area (Å²) in [5, 5.41) is 14.5. The monoisotopic (exact) mass is 431 g/mol. The lowest BCUT2D eigenvalue weighted by Gasteiger charge is -2.19. The zero-order chi connectivity index (χ0) is 21.9. The maximum atomic E-state index is 11.3. The van der Waals surface area contributed by atoms with E-state index in [-0.39, 0.29) is 6.61 Å². The van der Waals surface area contributed by atoms with Crippen molar-refractivity contribution in [2.45, 2.75) is 52.9 Å². The molecule has 30 heavy (non-hydrogen) atoms. The van der Waals surface area contributed by atoms with E-state index in [0.29, 0.717) is 34.8 Å². The second kappa shape index (κ2) is 9.02. The van der Waals surface area contributed by atoms with E-state index in [1.165, 1.54) is 13.8 Å². The van der Waals surface area contributed by atoms with E-state index in [4.69, 9.17) is 20.8 Å². The van der Waals surface area contributed by atoms with E-state index in [1.54, 1.807) is 10.9 Å². The van der Waals surface area contributed by atoms with Crippen LogP contribution in [0.15, 0.2) is 40.9 Å². The van der Waals surface area contributed by atoms with Gasteiger partial charge in [0.2, 0.25) is 0 Å². The summed E-state index contributed by atoms with van der Waals surface area (Å²) in [7, 11) is 0. The van der Waals surface area contributed by atoms with Crippen molar-refractivity contribution < 1.29 is 19.1 Å². The number of hydrogen-bond donors (Lipinski definition) is 1. The highest BCUT2D eigenvalue weighted by molar-refractivity contribution is 6.31. The maximum absolute atomic E-state index is 11.3. The first-order valence-electron chi connectivity index (χ1n) is 9.78. The number of carboxylic acids is 1. The predicted octanol–water partition coefficient (Wildman–Crippen LogP) is 4.82. The summed E-state index contributed by atoms with van der Waals surface area (Å²) in [6, 6.07) is 9.38. The van der Waals surface area contributed by atoms with Crippen LogP contribution < -0.4 is 0 Å². The van der Waals surface area contributed by atoms with Crippen LogP contribution in [0.4, 0.5) is 0 Å². The van der Waals surface area contributed by atoms with Gasteiger partial charge in [-0.2, -0.15) is 5.10 Å². The van der Waals surface area contributed by atoms with Crippen molar-refractivity contribution in [1.29, 1.82) is 0 Å². The fraction of sp³-hybridized carbons (Fsp3) is 0.409. The highest BCUT2D eigenvalue weighted by Gasteiger charge is 2.28. The first-order valence-corrected chi connectivity index (χ1v) is 10.2. The smallest absolute Gasteiger partial charge is 0.335 e. The van der Waals surface area contributed by atoms with Gasteiger partial charge in [-0.05, 0) is 37.5 Å². The summed E-state index contributed by atoms with van der Waals surface area (Å²) in [4.78, 5) is 15.7. The molecule has 0 atom stereocenters. The topological polar surface area (TPSA) is 90.4 Å². The highest BCUT2D eigenvalue weighted by atomic mass is 35.5. The Morgan fingerprint density at radius 1 is 1.33 bits per heavy atom. The number of rotatable bonds is 9. The van der Waals surface area contributed by atoms with Crippen molar-refractivity contribution in [3.05, 3.63) is 58.7 Å². The van der Waals surface area contributed by atoms with Crippen molar-refractivity contribution in [2.24, 2.45) is 5.92 Å². The lowest BCUT2D eigenvalue weighted by Crippen LogP contribution is -2.34. The van der Waals surface area contributed by atoms with Crippen LogP contribution in [0.3, 0.4) is 0 Å². The molecule has 1 N–H and O–H groups in total. The fourth-order valence-corrected chi connectivity index (χ4v) is 3.03. The molecule has 0 unspecified atom stereocenters. The Balaban J connectivity index is 1.92. The van der Waals surface area contributed by atoms with Crippen LogP contribution in [0, 0.1) is 5.92 Å². The summed E-state index contributed by atoms with van der Waals surface area (Å²) in [5.41, 5.74) is 0.907. The molecule has 0 spiro atoms. The van der Waals surface area contributed by atoms with Crippen molar-refractivity contribution >= 4 is 17.6 Å². The van der Waals surface area contributed by atoms with Crippen LogP contribution in [0.25, 0.3) is 11.5 Å². The Hall–Kier alpha value is -2.64. The Labute approximate surface area is 180 Å². The number of benzene rings is 1. The molecule has 0 fully saturated rings. The predicted molar refractivity (Wildman–Crippen MR) is 113 cm³/mol.